The minimum Gasteiger partial charge on any atom is -0.391 e. The Morgan fingerprint density at radius 3 is 2.15 bits per heavy atom. The summed E-state index contributed by atoms with van der Waals surface area (Å²) in [6, 6.07) is 29.5. The van der Waals surface area contributed by atoms with Crippen molar-refractivity contribution in [1.29, 1.82) is 0 Å². The highest BCUT2D eigenvalue weighted by atomic mass is 32.2. The number of amides is 1. The molecule has 0 spiro atoms. The number of alkyl halides is 3. The molecule has 0 aliphatic carbocycles. The van der Waals surface area contributed by atoms with Gasteiger partial charge in [0.2, 0.25) is 10.0 Å². The number of nitrogens with zero attached hydrogens (tertiary/aromatic N) is 1. The zero-order chi connectivity index (χ0) is 33.3. The highest BCUT2D eigenvalue weighted by Crippen LogP contribution is 2.33. The van der Waals surface area contributed by atoms with E-state index in [2.05, 4.69) is 10.0 Å². The predicted octanol–water partition coefficient (Wildman–Crippen LogP) is 6.58. The van der Waals surface area contributed by atoms with E-state index < -0.39 is 33.8 Å². The summed E-state index contributed by atoms with van der Waals surface area (Å²) in [5.41, 5.74) is 1.41. The number of carbonyl (C=O) groups excluding carboxylic acids is 1. The molecule has 3 N–H and O–H groups in total. The number of benzene rings is 4. The molecule has 4 aromatic carbocycles. The average molecular weight is 672 g/mol. The molecular weight excluding hydrogens is 636 g/mol. The predicted molar refractivity (Wildman–Crippen MR) is 177 cm³/mol. The fraction of sp³-hybridized carbons (Fsp3) is 0.265. The lowest BCUT2D eigenvalue weighted by Crippen LogP contribution is -2.39. The van der Waals surface area contributed by atoms with Gasteiger partial charge in [0, 0.05) is 24.3 Å². The number of hydrogen-bond donors (Lipinski definition) is 3. The number of aliphatic hydroxyl groups is 1. The van der Waals surface area contributed by atoms with E-state index in [0.29, 0.717) is 17.7 Å². The van der Waals surface area contributed by atoms with Crippen LogP contribution in [0.1, 0.15) is 34.0 Å². The third-order valence-corrected chi connectivity index (χ3v) is 9.47. The number of hydrogen-bond acceptors (Lipinski definition) is 6. The number of rotatable bonds is 14. The lowest BCUT2D eigenvalue weighted by molar-refractivity contribution is -0.137. The van der Waals surface area contributed by atoms with Gasteiger partial charge in [-0.25, -0.2) is 12.7 Å². The second kappa shape index (κ2) is 15.6. The van der Waals surface area contributed by atoms with E-state index in [1.54, 1.807) is 60.7 Å². The van der Waals surface area contributed by atoms with Crippen molar-refractivity contribution in [1.82, 2.24) is 10.0 Å². The van der Waals surface area contributed by atoms with Crippen LogP contribution in [0.5, 0.6) is 0 Å². The van der Waals surface area contributed by atoms with Crippen LogP contribution < -0.4 is 14.3 Å². The minimum atomic E-state index is -4.45. The molecule has 46 heavy (non-hydrogen) atoms. The molecule has 0 aliphatic rings. The van der Waals surface area contributed by atoms with Gasteiger partial charge in [-0.3, -0.25) is 9.52 Å². The van der Waals surface area contributed by atoms with Gasteiger partial charge in [0.25, 0.3) is 5.91 Å². The largest absolute Gasteiger partial charge is 0.416 e. The Kier molecular flexibility index (Phi) is 11.9. The maximum atomic E-state index is 13.5. The molecule has 4 aromatic rings. The smallest absolute Gasteiger partial charge is 0.391 e. The topological polar surface area (TPSA) is 98.7 Å². The Bertz CT molecular complexity index is 1690. The second-order valence-electron chi connectivity index (χ2n) is 10.9. The molecule has 12 heteroatoms. The number of nitrogens with one attached hydrogen (secondary N) is 2. The quantitative estimate of drug-likeness (QED) is 0.131. The normalized spacial score (nSPS) is 13.9. The minimum absolute atomic E-state index is 0.107. The van der Waals surface area contributed by atoms with Gasteiger partial charge >= 0.3 is 6.18 Å². The molecule has 244 valence electrons. The van der Waals surface area contributed by atoms with E-state index in [1.807, 2.05) is 37.3 Å². The second-order valence-corrected chi connectivity index (χ2v) is 13.9. The SMILES string of the molecule is CC(SNC(=O)c1ccccc1N(c1ccccc1)S(C)(=O)=O)[C@@H](Cc1ccccc1)[C@@H](O)CNCc1cccc(C(F)(F)F)c1. The fourth-order valence-electron chi connectivity index (χ4n) is 5.08. The van der Waals surface area contributed by atoms with Gasteiger partial charge in [-0.05, 0) is 59.8 Å². The number of sulfonamides is 1. The molecule has 0 bridgehead atoms. The summed E-state index contributed by atoms with van der Waals surface area (Å²) in [4.78, 5) is 13.5. The van der Waals surface area contributed by atoms with E-state index >= 15 is 0 Å². The van der Waals surface area contributed by atoms with E-state index in [4.69, 9.17) is 0 Å². The van der Waals surface area contributed by atoms with Crippen LogP contribution in [0.3, 0.4) is 0 Å². The van der Waals surface area contributed by atoms with Crippen LogP contribution in [0.4, 0.5) is 24.5 Å². The van der Waals surface area contributed by atoms with Crippen molar-refractivity contribution in [2.24, 2.45) is 5.92 Å². The number of anilines is 2. The molecule has 0 aromatic heterocycles. The van der Waals surface area contributed by atoms with Crippen LogP contribution in [0, 0.1) is 5.92 Å². The average Bonchev–Trinajstić information content (AvgIpc) is 3.02. The highest BCUT2D eigenvalue weighted by molar-refractivity contribution is 7.98. The number of halogens is 3. The molecular formula is C34H36F3N3O4S2. The first kappa shape index (κ1) is 35.0. The van der Waals surface area contributed by atoms with Crippen molar-refractivity contribution < 1.29 is 31.5 Å². The lowest BCUT2D eigenvalue weighted by Gasteiger charge is -2.29. The van der Waals surface area contributed by atoms with Crippen molar-refractivity contribution in [3.63, 3.8) is 0 Å². The molecule has 0 aliphatic heterocycles. The summed E-state index contributed by atoms with van der Waals surface area (Å²) in [5, 5.41) is 14.0. The number of carbonyl (C=O) groups is 1. The molecule has 3 atom stereocenters. The van der Waals surface area contributed by atoms with Gasteiger partial charge in [-0.15, -0.1) is 0 Å². The highest BCUT2D eigenvalue weighted by Gasteiger charge is 2.31. The van der Waals surface area contributed by atoms with Crippen molar-refractivity contribution in [3.05, 3.63) is 131 Å². The Morgan fingerprint density at radius 2 is 1.50 bits per heavy atom. The van der Waals surface area contributed by atoms with Gasteiger partial charge in [0.1, 0.15) is 0 Å². The van der Waals surface area contributed by atoms with Crippen molar-refractivity contribution in [2.75, 3.05) is 17.1 Å². The van der Waals surface area contributed by atoms with Crippen molar-refractivity contribution in [2.45, 2.75) is 37.4 Å². The van der Waals surface area contributed by atoms with Crippen LogP contribution in [-0.2, 0) is 29.2 Å². The molecule has 0 radical (unpaired) electrons. The summed E-state index contributed by atoms with van der Waals surface area (Å²) in [6.07, 6.45) is -3.80. The Hall–Kier alpha value is -3.84. The summed E-state index contributed by atoms with van der Waals surface area (Å²) in [7, 11) is -3.81. The first-order valence-electron chi connectivity index (χ1n) is 14.5. The standard InChI is InChI=1S/C34H36F3N3O4S2/c1-24(45-39-33(42)29-18-9-10-19-31(29)40(46(2,43)44)28-16-7-4-8-17-28)30(21-25-12-5-3-6-13-25)32(41)23-38-22-26-14-11-15-27(20-26)34(35,36)37/h3-20,24,30,32,38,41H,21-23H2,1-2H3,(H,39,42)/t24?,30-,32+/m1/s1. The van der Waals surface area contributed by atoms with Crippen LogP contribution in [-0.4, -0.2) is 43.6 Å². The van der Waals surface area contributed by atoms with Crippen molar-refractivity contribution in [3.8, 4) is 0 Å². The summed E-state index contributed by atoms with van der Waals surface area (Å²) in [6.45, 7) is 2.11. The first-order valence-corrected chi connectivity index (χ1v) is 17.3. The van der Waals surface area contributed by atoms with Gasteiger partial charge in [0.15, 0.2) is 0 Å². The number of para-hydroxylation sites is 2. The molecule has 0 saturated heterocycles. The Morgan fingerprint density at radius 1 is 0.891 bits per heavy atom. The summed E-state index contributed by atoms with van der Waals surface area (Å²) < 4.78 is 69.0. The zero-order valence-electron chi connectivity index (χ0n) is 25.3. The molecule has 0 heterocycles. The Balaban J connectivity index is 1.48. The van der Waals surface area contributed by atoms with Crippen LogP contribution in [0.2, 0.25) is 0 Å². The molecule has 1 unspecified atom stereocenters. The van der Waals surface area contributed by atoms with Gasteiger partial charge in [0.05, 0.1) is 34.9 Å². The van der Waals surface area contributed by atoms with Crippen molar-refractivity contribution >= 4 is 39.3 Å². The third-order valence-electron chi connectivity index (χ3n) is 7.38. The number of aliphatic hydroxyl groups excluding tert-OH is 1. The monoisotopic (exact) mass is 671 g/mol. The first-order chi connectivity index (χ1) is 21.8. The van der Waals surface area contributed by atoms with E-state index in [9.17, 15) is 31.5 Å². The fourth-order valence-corrected chi connectivity index (χ4v) is 6.96. The third kappa shape index (κ3) is 9.58. The molecule has 4 rings (SSSR count). The maximum Gasteiger partial charge on any atom is 0.416 e. The molecule has 0 saturated carbocycles. The lowest BCUT2D eigenvalue weighted by atomic mass is 9.91. The molecule has 1 amide bonds. The molecule has 0 fully saturated rings. The van der Waals surface area contributed by atoms with Gasteiger partial charge in [-0.2, -0.15) is 13.2 Å². The van der Waals surface area contributed by atoms with Crippen LogP contribution in [0.15, 0.2) is 109 Å². The molecule has 7 nitrogen and oxygen atoms in total. The summed E-state index contributed by atoms with van der Waals surface area (Å²) >= 11 is 1.11. The van der Waals surface area contributed by atoms with Gasteiger partial charge < -0.3 is 10.4 Å². The van der Waals surface area contributed by atoms with Crippen LogP contribution in [0.25, 0.3) is 0 Å². The Labute approximate surface area is 272 Å². The van der Waals surface area contributed by atoms with E-state index in [0.717, 1.165) is 40.2 Å². The summed E-state index contributed by atoms with van der Waals surface area (Å²) in [5.74, 6) is -0.874. The zero-order valence-corrected chi connectivity index (χ0v) is 26.9. The van der Waals surface area contributed by atoms with Gasteiger partial charge in [-0.1, -0.05) is 85.8 Å². The van der Waals surface area contributed by atoms with E-state index in [1.165, 1.54) is 6.07 Å². The van der Waals surface area contributed by atoms with Crippen LogP contribution >= 0.6 is 11.9 Å². The van der Waals surface area contributed by atoms with E-state index in [-0.39, 0.29) is 35.5 Å². The maximum absolute atomic E-state index is 13.5.